The van der Waals surface area contributed by atoms with E-state index in [-0.39, 0.29) is 6.42 Å². The average molecular weight is 287 g/mol. The molecule has 0 amide bonds. The summed E-state index contributed by atoms with van der Waals surface area (Å²) in [6.07, 6.45) is -15.1. The predicted octanol–water partition coefficient (Wildman–Crippen LogP) is 4.49. The second-order valence-corrected chi connectivity index (χ2v) is 3.48. The lowest BCUT2D eigenvalue weighted by molar-refractivity contribution is -0.358. The van der Waals surface area contributed by atoms with Crippen LogP contribution >= 0.6 is 0 Å². The fourth-order valence-corrected chi connectivity index (χ4v) is 0.997. The fraction of sp³-hybridized carbons (Fsp3) is 0.889. The van der Waals surface area contributed by atoms with Gasteiger partial charge in [0.25, 0.3) is 0 Å². The molecule has 0 atom stereocenters. The molecule has 1 radical (unpaired) electrons. The van der Waals surface area contributed by atoms with Gasteiger partial charge in [-0.1, -0.05) is 19.8 Å². The molecule has 109 valence electrons. The van der Waals surface area contributed by atoms with Gasteiger partial charge in [0.2, 0.25) is 0 Å². The molecule has 0 aromatic carbocycles. The van der Waals surface area contributed by atoms with Gasteiger partial charge in [0.1, 0.15) is 0 Å². The molecule has 0 bridgehead atoms. The molecule has 0 heterocycles. The van der Waals surface area contributed by atoms with E-state index in [4.69, 9.17) is 0 Å². The zero-order valence-corrected chi connectivity index (χ0v) is 9.26. The number of alkyl halides is 7. The van der Waals surface area contributed by atoms with Crippen LogP contribution in [-0.2, 0) is 4.74 Å². The third-order valence-electron chi connectivity index (χ3n) is 2.03. The second-order valence-electron chi connectivity index (χ2n) is 3.48. The van der Waals surface area contributed by atoms with E-state index < -0.39 is 31.0 Å². The van der Waals surface area contributed by atoms with Crippen LogP contribution in [0, 0.1) is 6.36 Å². The van der Waals surface area contributed by atoms with E-state index in [0.717, 1.165) is 0 Å². The Morgan fingerprint density at radius 2 is 1.33 bits per heavy atom. The summed E-state index contributed by atoms with van der Waals surface area (Å²) in [7, 11) is 0. The highest BCUT2D eigenvalue weighted by Crippen LogP contribution is 2.52. The number of halogens is 8. The van der Waals surface area contributed by atoms with Crippen LogP contribution in [0.3, 0.4) is 0 Å². The van der Waals surface area contributed by atoms with E-state index in [1.54, 1.807) is 6.92 Å². The van der Waals surface area contributed by atoms with E-state index in [1.165, 1.54) is 0 Å². The van der Waals surface area contributed by atoms with Gasteiger partial charge in [-0.3, -0.25) is 0 Å². The van der Waals surface area contributed by atoms with E-state index in [0.29, 0.717) is 12.8 Å². The van der Waals surface area contributed by atoms with Gasteiger partial charge in [-0.15, -0.1) is 0 Å². The van der Waals surface area contributed by atoms with Crippen molar-refractivity contribution in [2.75, 3.05) is 6.61 Å². The Kier molecular flexibility index (Phi) is 5.83. The minimum Gasteiger partial charge on any atom is -0.338 e. The third-order valence-corrected chi connectivity index (χ3v) is 2.03. The van der Waals surface area contributed by atoms with E-state index in [9.17, 15) is 35.1 Å². The fourth-order valence-electron chi connectivity index (χ4n) is 0.997. The van der Waals surface area contributed by atoms with Crippen molar-refractivity contribution in [2.45, 2.75) is 44.2 Å². The average Bonchev–Trinajstić information content (AvgIpc) is 2.19. The quantitative estimate of drug-likeness (QED) is 0.517. The summed E-state index contributed by atoms with van der Waals surface area (Å²) in [6.45, 7) is 0.947. The van der Waals surface area contributed by atoms with Crippen molar-refractivity contribution < 1.29 is 39.9 Å². The normalized spacial score (nSPS) is 14.3. The Labute approximate surface area is 98.1 Å². The highest BCUT2D eigenvalue weighted by molar-refractivity contribution is 5.06. The molecule has 18 heavy (non-hydrogen) atoms. The molecule has 0 saturated heterocycles. The number of ether oxygens (including phenoxy) is 1. The highest BCUT2D eigenvalue weighted by atomic mass is 19.4. The van der Waals surface area contributed by atoms with Crippen molar-refractivity contribution >= 4 is 0 Å². The van der Waals surface area contributed by atoms with Gasteiger partial charge in [0, 0.05) is 0 Å². The standard InChI is InChI=1S/C9H11F8O/c1-2-3-4-5-18-6(10)7(11,8(12,13)14)9(15,16)17/h2-5H2,1H3. The largest absolute Gasteiger partial charge is 0.437 e. The van der Waals surface area contributed by atoms with Gasteiger partial charge in [-0.25, -0.2) is 8.78 Å². The first-order valence-corrected chi connectivity index (χ1v) is 4.96. The first kappa shape index (κ1) is 17.4. The third kappa shape index (κ3) is 3.69. The lowest BCUT2D eigenvalue weighted by atomic mass is 10.1. The molecule has 0 spiro atoms. The van der Waals surface area contributed by atoms with Crippen molar-refractivity contribution in [3.63, 3.8) is 0 Å². The zero-order valence-electron chi connectivity index (χ0n) is 9.26. The van der Waals surface area contributed by atoms with Gasteiger partial charge in [0.15, 0.2) is 0 Å². The Morgan fingerprint density at radius 3 is 1.67 bits per heavy atom. The van der Waals surface area contributed by atoms with Crippen LogP contribution in [0.4, 0.5) is 35.1 Å². The molecular weight excluding hydrogens is 276 g/mol. The number of hydrogen-bond donors (Lipinski definition) is 0. The maximum absolute atomic E-state index is 12.9. The molecule has 0 fully saturated rings. The van der Waals surface area contributed by atoms with Crippen molar-refractivity contribution in [1.29, 1.82) is 0 Å². The van der Waals surface area contributed by atoms with Crippen molar-refractivity contribution in [1.82, 2.24) is 0 Å². The molecule has 1 nitrogen and oxygen atoms in total. The highest BCUT2D eigenvalue weighted by Gasteiger charge is 2.79. The van der Waals surface area contributed by atoms with Crippen LogP contribution in [-0.4, -0.2) is 24.6 Å². The van der Waals surface area contributed by atoms with Crippen molar-refractivity contribution in [2.24, 2.45) is 0 Å². The van der Waals surface area contributed by atoms with Crippen molar-refractivity contribution in [3.8, 4) is 0 Å². The lowest BCUT2D eigenvalue weighted by Crippen LogP contribution is -2.57. The number of rotatable bonds is 6. The first-order valence-electron chi connectivity index (χ1n) is 4.96. The van der Waals surface area contributed by atoms with Gasteiger partial charge < -0.3 is 4.74 Å². The molecule has 0 aromatic heterocycles. The molecule has 0 rings (SSSR count). The minimum atomic E-state index is -6.47. The van der Waals surface area contributed by atoms with E-state index in [2.05, 4.69) is 4.74 Å². The van der Waals surface area contributed by atoms with Gasteiger partial charge >= 0.3 is 24.4 Å². The summed E-state index contributed by atoms with van der Waals surface area (Å²) in [6, 6.07) is 0. The van der Waals surface area contributed by atoms with Crippen LogP contribution in [0.5, 0.6) is 0 Å². The summed E-state index contributed by atoms with van der Waals surface area (Å²) in [4.78, 5) is 0. The number of hydrogen-bond acceptors (Lipinski definition) is 1. The van der Waals surface area contributed by atoms with Crippen molar-refractivity contribution in [3.05, 3.63) is 6.36 Å². The van der Waals surface area contributed by atoms with Crippen LogP contribution in [0.2, 0.25) is 0 Å². The van der Waals surface area contributed by atoms with Gasteiger partial charge in [-0.2, -0.15) is 26.3 Å². The predicted molar refractivity (Wildman–Crippen MR) is 45.8 cm³/mol. The first-order chi connectivity index (χ1) is 7.98. The molecular formula is C9H11F8O. The molecule has 0 saturated carbocycles. The monoisotopic (exact) mass is 287 g/mol. The SMILES string of the molecule is CCCCCO[C](F)C(F)(C(F)(F)F)C(F)(F)F. The van der Waals surface area contributed by atoms with Crippen LogP contribution in [0.25, 0.3) is 0 Å². The summed E-state index contributed by atoms with van der Waals surface area (Å²) >= 11 is 0. The van der Waals surface area contributed by atoms with Crippen LogP contribution in [0.15, 0.2) is 0 Å². The van der Waals surface area contributed by atoms with Crippen LogP contribution in [0.1, 0.15) is 26.2 Å². The Bertz CT molecular complexity index is 232. The molecule has 9 heteroatoms. The molecule has 0 unspecified atom stereocenters. The smallest absolute Gasteiger partial charge is 0.338 e. The lowest BCUT2D eigenvalue weighted by Gasteiger charge is -2.30. The summed E-state index contributed by atoms with van der Waals surface area (Å²) < 4.78 is 101. The molecule has 0 aliphatic carbocycles. The maximum atomic E-state index is 12.9. The van der Waals surface area contributed by atoms with Gasteiger partial charge in [-0.05, 0) is 6.42 Å². The minimum absolute atomic E-state index is 0.0235. The summed E-state index contributed by atoms with van der Waals surface area (Å²) in [5, 5.41) is 0. The Morgan fingerprint density at radius 1 is 0.889 bits per heavy atom. The van der Waals surface area contributed by atoms with E-state index in [1.807, 2.05) is 0 Å². The zero-order chi connectivity index (χ0) is 14.6. The molecule has 0 aliphatic heterocycles. The molecule has 0 aromatic rings. The van der Waals surface area contributed by atoms with Crippen LogP contribution < -0.4 is 0 Å². The summed E-state index contributed by atoms with van der Waals surface area (Å²) in [5.41, 5.74) is -6.09. The molecule has 0 N–H and O–H groups in total. The Hall–Kier alpha value is -0.600. The topological polar surface area (TPSA) is 9.23 Å². The maximum Gasteiger partial charge on any atom is 0.437 e. The van der Waals surface area contributed by atoms with Gasteiger partial charge in [0.05, 0.1) is 6.61 Å². The number of unbranched alkanes of at least 4 members (excludes halogenated alkanes) is 2. The molecule has 0 aliphatic rings. The Balaban J connectivity index is 4.79. The summed E-state index contributed by atoms with van der Waals surface area (Å²) in [5.74, 6) is 0. The van der Waals surface area contributed by atoms with E-state index >= 15 is 0 Å². The second kappa shape index (κ2) is 6.03.